The van der Waals surface area contributed by atoms with E-state index in [0.717, 1.165) is 12.8 Å². The molecule has 0 saturated heterocycles. The van der Waals surface area contributed by atoms with Crippen molar-refractivity contribution in [1.82, 2.24) is 0 Å². The van der Waals surface area contributed by atoms with Crippen molar-refractivity contribution in [2.45, 2.75) is 53.1 Å². The number of hydrogen-bond donors (Lipinski definition) is 0. The van der Waals surface area contributed by atoms with E-state index in [2.05, 4.69) is 13.8 Å². The van der Waals surface area contributed by atoms with Crippen LogP contribution in [-0.2, 0) is 9.53 Å². The summed E-state index contributed by atoms with van der Waals surface area (Å²) in [6, 6.07) is 0. The van der Waals surface area contributed by atoms with Crippen LogP contribution in [0.5, 0.6) is 0 Å². The Morgan fingerprint density at radius 3 is 2.27 bits per heavy atom. The Morgan fingerprint density at radius 2 is 1.80 bits per heavy atom. The normalized spacial score (nSPS) is 33.7. The van der Waals surface area contributed by atoms with Gasteiger partial charge in [-0.3, -0.25) is 4.79 Å². The molecule has 15 heavy (non-hydrogen) atoms. The number of ketones is 1. The largest absolute Gasteiger partial charge is 0.371 e. The highest BCUT2D eigenvalue weighted by Crippen LogP contribution is 2.34. The second-order valence-corrected chi connectivity index (χ2v) is 5.11. The first-order valence-electron chi connectivity index (χ1n) is 6.19. The van der Waals surface area contributed by atoms with Crippen molar-refractivity contribution in [3.8, 4) is 0 Å². The molecule has 0 spiro atoms. The fourth-order valence-electron chi connectivity index (χ4n) is 2.84. The van der Waals surface area contributed by atoms with E-state index in [1.165, 1.54) is 6.42 Å². The molecule has 0 aliphatic heterocycles. The zero-order valence-corrected chi connectivity index (χ0v) is 10.5. The van der Waals surface area contributed by atoms with Crippen LogP contribution in [0.2, 0.25) is 0 Å². The highest BCUT2D eigenvalue weighted by molar-refractivity contribution is 5.85. The first-order valence-corrected chi connectivity index (χ1v) is 6.19. The van der Waals surface area contributed by atoms with Crippen LogP contribution < -0.4 is 0 Å². The number of hydrogen-bond acceptors (Lipinski definition) is 2. The average Bonchev–Trinajstić information content (AvgIpc) is 2.15. The van der Waals surface area contributed by atoms with Crippen LogP contribution in [-0.4, -0.2) is 18.5 Å². The number of rotatable bonds is 4. The number of Topliss-reactive ketones (excluding diaryl/α,β-unsaturated/α-hetero) is 1. The van der Waals surface area contributed by atoms with Crippen molar-refractivity contribution in [1.29, 1.82) is 0 Å². The van der Waals surface area contributed by atoms with Gasteiger partial charge in [-0.15, -0.1) is 0 Å². The lowest BCUT2D eigenvalue weighted by Gasteiger charge is -2.31. The van der Waals surface area contributed by atoms with Crippen molar-refractivity contribution in [3.05, 3.63) is 0 Å². The Balaban J connectivity index is 2.51. The van der Waals surface area contributed by atoms with Crippen LogP contribution in [0.1, 0.15) is 47.0 Å². The Kier molecular flexibility index (Phi) is 4.78. The van der Waals surface area contributed by atoms with Crippen LogP contribution in [0.15, 0.2) is 0 Å². The van der Waals surface area contributed by atoms with Gasteiger partial charge in [-0.25, -0.2) is 0 Å². The molecule has 2 heteroatoms. The van der Waals surface area contributed by atoms with E-state index in [0.29, 0.717) is 24.2 Å². The molecule has 3 atom stereocenters. The maximum atomic E-state index is 12.1. The third-order valence-electron chi connectivity index (χ3n) is 3.40. The van der Waals surface area contributed by atoms with E-state index in [1.807, 2.05) is 13.8 Å². The minimum atomic E-state index is -0.211. The lowest BCUT2D eigenvalue weighted by molar-refractivity contribution is -0.135. The molecule has 0 bridgehead atoms. The van der Waals surface area contributed by atoms with Gasteiger partial charge in [0.2, 0.25) is 0 Å². The molecule has 1 aliphatic carbocycles. The summed E-state index contributed by atoms with van der Waals surface area (Å²) >= 11 is 0. The van der Waals surface area contributed by atoms with Gasteiger partial charge < -0.3 is 4.74 Å². The minimum absolute atomic E-state index is 0.211. The molecule has 2 nitrogen and oxygen atoms in total. The van der Waals surface area contributed by atoms with Gasteiger partial charge in [-0.2, -0.15) is 0 Å². The Labute approximate surface area is 93.4 Å². The molecule has 0 N–H and O–H groups in total. The molecule has 1 rings (SSSR count). The van der Waals surface area contributed by atoms with Crippen LogP contribution >= 0.6 is 0 Å². The van der Waals surface area contributed by atoms with E-state index in [4.69, 9.17) is 4.74 Å². The van der Waals surface area contributed by atoms with Crippen molar-refractivity contribution in [2.24, 2.45) is 17.8 Å². The van der Waals surface area contributed by atoms with Gasteiger partial charge in [-0.1, -0.05) is 13.8 Å². The quantitative estimate of drug-likeness (QED) is 0.716. The number of carbonyl (C=O) groups excluding carboxylic acids is 1. The highest BCUT2D eigenvalue weighted by Gasteiger charge is 2.31. The second-order valence-electron chi connectivity index (χ2n) is 5.11. The van der Waals surface area contributed by atoms with E-state index < -0.39 is 0 Å². The molecule has 0 amide bonds. The molecule has 1 fully saturated rings. The SMILES string of the molecule is CCOC(C)C(=O)C1CC(C)CC(C)C1. The Morgan fingerprint density at radius 1 is 1.27 bits per heavy atom. The second kappa shape index (κ2) is 5.64. The third-order valence-corrected chi connectivity index (χ3v) is 3.40. The van der Waals surface area contributed by atoms with E-state index in [-0.39, 0.29) is 12.0 Å². The van der Waals surface area contributed by atoms with Crippen molar-refractivity contribution in [2.75, 3.05) is 6.61 Å². The Hall–Kier alpha value is -0.370. The molecule has 0 radical (unpaired) electrons. The third kappa shape index (κ3) is 3.60. The van der Waals surface area contributed by atoms with Gasteiger partial charge in [-0.05, 0) is 44.9 Å². The van der Waals surface area contributed by atoms with Crippen molar-refractivity contribution >= 4 is 5.78 Å². The van der Waals surface area contributed by atoms with E-state index in [1.54, 1.807) is 0 Å². The average molecular weight is 212 g/mol. The molecule has 88 valence electrons. The molecule has 0 aromatic rings. The summed E-state index contributed by atoms with van der Waals surface area (Å²) in [7, 11) is 0. The van der Waals surface area contributed by atoms with Gasteiger partial charge in [0.25, 0.3) is 0 Å². The first kappa shape index (κ1) is 12.7. The zero-order valence-electron chi connectivity index (χ0n) is 10.5. The van der Waals surface area contributed by atoms with Crippen LogP contribution in [0.3, 0.4) is 0 Å². The van der Waals surface area contributed by atoms with Crippen LogP contribution in [0, 0.1) is 17.8 Å². The monoisotopic (exact) mass is 212 g/mol. The molecule has 3 unspecified atom stereocenters. The summed E-state index contributed by atoms with van der Waals surface area (Å²) in [5.41, 5.74) is 0. The summed E-state index contributed by atoms with van der Waals surface area (Å²) in [5, 5.41) is 0. The van der Waals surface area contributed by atoms with Gasteiger partial charge >= 0.3 is 0 Å². The lowest BCUT2D eigenvalue weighted by Crippen LogP contribution is -2.33. The van der Waals surface area contributed by atoms with Crippen LogP contribution in [0.25, 0.3) is 0 Å². The molecule has 0 heterocycles. The lowest BCUT2D eigenvalue weighted by atomic mass is 9.74. The summed E-state index contributed by atoms with van der Waals surface area (Å²) < 4.78 is 5.38. The fourth-order valence-corrected chi connectivity index (χ4v) is 2.84. The van der Waals surface area contributed by atoms with Gasteiger partial charge in [0.15, 0.2) is 5.78 Å². The standard InChI is InChI=1S/C13H24O2/c1-5-15-11(4)13(14)12-7-9(2)6-10(3)8-12/h9-12H,5-8H2,1-4H3. The molecule has 0 aromatic heterocycles. The topological polar surface area (TPSA) is 26.3 Å². The molecular formula is C13H24O2. The summed E-state index contributed by atoms with van der Waals surface area (Å²) in [6.45, 7) is 8.96. The summed E-state index contributed by atoms with van der Waals surface area (Å²) in [4.78, 5) is 12.1. The molecular weight excluding hydrogens is 188 g/mol. The summed E-state index contributed by atoms with van der Waals surface area (Å²) in [5.74, 6) is 1.94. The molecule has 1 aliphatic rings. The smallest absolute Gasteiger partial charge is 0.164 e. The first-order chi connectivity index (χ1) is 7.04. The van der Waals surface area contributed by atoms with Crippen molar-refractivity contribution < 1.29 is 9.53 Å². The molecule has 1 saturated carbocycles. The highest BCUT2D eigenvalue weighted by atomic mass is 16.5. The maximum Gasteiger partial charge on any atom is 0.164 e. The van der Waals surface area contributed by atoms with Gasteiger partial charge in [0.1, 0.15) is 6.10 Å². The minimum Gasteiger partial charge on any atom is -0.371 e. The zero-order chi connectivity index (χ0) is 11.4. The van der Waals surface area contributed by atoms with Gasteiger partial charge in [0, 0.05) is 12.5 Å². The van der Waals surface area contributed by atoms with E-state index >= 15 is 0 Å². The van der Waals surface area contributed by atoms with Gasteiger partial charge in [0.05, 0.1) is 0 Å². The van der Waals surface area contributed by atoms with Crippen molar-refractivity contribution in [3.63, 3.8) is 0 Å². The van der Waals surface area contributed by atoms with E-state index in [9.17, 15) is 4.79 Å². The number of carbonyl (C=O) groups is 1. The van der Waals surface area contributed by atoms with Crippen LogP contribution in [0.4, 0.5) is 0 Å². The predicted octanol–water partition coefficient (Wildman–Crippen LogP) is 3.05. The Bertz CT molecular complexity index is 203. The predicted molar refractivity (Wildman–Crippen MR) is 61.8 cm³/mol. The maximum absolute atomic E-state index is 12.1. The number of ether oxygens (including phenoxy) is 1. The molecule has 0 aromatic carbocycles. The fraction of sp³-hybridized carbons (Fsp3) is 0.923. The summed E-state index contributed by atoms with van der Waals surface area (Å²) in [6.07, 6.45) is 3.17.